The quantitative estimate of drug-likeness (QED) is 0.0212. The summed E-state index contributed by atoms with van der Waals surface area (Å²) in [6.07, 6.45) is 52.5. The molecule has 1 N–H and O–H groups in total. The smallest absolute Gasteiger partial charge is 0.361 e. The molecule has 2 atom stereocenters. The van der Waals surface area contributed by atoms with Crippen LogP contribution in [-0.2, 0) is 33.3 Å². The number of unbranched alkanes of at least 4 members (excludes halogenated alkanes) is 24. The Bertz CT molecular complexity index is 1170. The number of carboxylic acids is 1. The summed E-state index contributed by atoms with van der Waals surface area (Å²) in [4.78, 5) is 36.8. The molecule has 2 unspecified atom stereocenters. The molecule has 0 radical (unpaired) electrons. The third kappa shape index (κ3) is 47.0. The Morgan fingerprint density at radius 2 is 0.905 bits per heavy atom. The van der Waals surface area contributed by atoms with Crippen LogP contribution < -0.4 is 0 Å². The van der Waals surface area contributed by atoms with Gasteiger partial charge in [-0.3, -0.25) is 9.59 Å². The minimum Gasteiger partial charge on any atom is -0.477 e. The summed E-state index contributed by atoms with van der Waals surface area (Å²) < 4.78 is 22.6. The lowest BCUT2D eigenvalue weighted by molar-refractivity contribution is -0.870. The Balaban J connectivity index is 3.90. The van der Waals surface area contributed by atoms with Gasteiger partial charge in [-0.15, -0.1) is 0 Å². The molecule has 0 bridgehead atoms. The number of hydrogen-bond acceptors (Lipinski definition) is 7. The monoisotopic (exact) mass is 889 g/mol. The molecule has 63 heavy (non-hydrogen) atoms. The van der Waals surface area contributed by atoms with Gasteiger partial charge in [0.05, 0.1) is 34.4 Å². The highest BCUT2D eigenvalue weighted by molar-refractivity contribution is 5.71. The predicted molar refractivity (Wildman–Crippen MR) is 263 cm³/mol. The van der Waals surface area contributed by atoms with Gasteiger partial charge in [0.25, 0.3) is 6.29 Å². The number of aliphatic carboxylic acids is 1. The molecule has 0 aliphatic carbocycles. The zero-order valence-electron chi connectivity index (χ0n) is 41.5. The maximum atomic E-state index is 12.7. The second kappa shape index (κ2) is 45.8. The predicted octanol–water partition coefficient (Wildman–Crippen LogP) is 14.3. The molecule has 0 saturated heterocycles. The van der Waals surface area contributed by atoms with Crippen LogP contribution in [0.25, 0.3) is 0 Å². The number of ether oxygens (including phenoxy) is 4. The Morgan fingerprint density at radius 3 is 1.35 bits per heavy atom. The number of likely N-dealkylation sites (N-methyl/N-ethyl adjacent to an activating group) is 1. The average molecular weight is 889 g/mol. The lowest BCUT2D eigenvalue weighted by atomic mass is 10.0. The largest absolute Gasteiger partial charge is 0.477 e. The Labute approximate surface area is 387 Å². The molecule has 0 spiro atoms. The minimum absolute atomic E-state index is 0.180. The highest BCUT2D eigenvalue weighted by Gasteiger charge is 2.25. The topological polar surface area (TPSA) is 108 Å². The lowest BCUT2D eigenvalue weighted by Crippen LogP contribution is -2.40. The lowest BCUT2D eigenvalue weighted by Gasteiger charge is -2.25. The normalized spacial score (nSPS) is 13.2. The molecule has 366 valence electrons. The fraction of sp³-hybridized carbons (Fsp3) is 0.796. The van der Waals surface area contributed by atoms with Gasteiger partial charge in [-0.2, -0.15) is 0 Å². The number of esters is 2. The number of carbonyl (C=O) groups excluding carboxylic acids is 2. The van der Waals surface area contributed by atoms with Gasteiger partial charge in [-0.05, 0) is 51.4 Å². The average Bonchev–Trinajstić information content (AvgIpc) is 3.24. The molecule has 0 aromatic rings. The van der Waals surface area contributed by atoms with E-state index in [1.165, 1.54) is 116 Å². The summed E-state index contributed by atoms with van der Waals surface area (Å²) in [7, 11) is 5.95. The van der Waals surface area contributed by atoms with Gasteiger partial charge >= 0.3 is 17.9 Å². The van der Waals surface area contributed by atoms with E-state index in [0.29, 0.717) is 17.4 Å². The van der Waals surface area contributed by atoms with Crippen molar-refractivity contribution in [2.24, 2.45) is 0 Å². The van der Waals surface area contributed by atoms with Crippen molar-refractivity contribution in [3.63, 3.8) is 0 Å². The first-order valence-corrected chi connectivity index (χ1v) is 25.8. The number of hydrogen-bond donors (Lipinski definition) is 1. The third-order valence-corrected chi connectivity index (χ3v) is 11.1. The number of nitrogens with zero attached hydrogens (tertiary/aromatic N) is 1. The first kappa shape index (κ1) is 60.2. The van der Waals surface area contributed by atoms with Crippen LogP contribution in [0, 0.1) is 0 Å². The summed E-state index contributed by atoms with van der Waals surface area (Å²) in [6, 6.07) is 0. The van der Waals surface area contributed by atoms with Gasteiger partial charge in [0, 0.05) is 12.8 Å². The van der Waals surface area contributed by atoms with Crippen LogP contribution in [0.3, 0.4) is 0 Å². The second-order valence-corrected chi connectivity index (χ2v) is 18.5. The molecule has 0 aliphatic rings. The van der Waals surface area contributed by atoms with Crippen molar-refractivity contribution in [3.05, 3.63) is 48.6 Å². The van der Waals surface area contributed by atoms with E-state index >= 15 is 0 Å². The standard InChI is InChI=1S/C54H97NO8/c1-6-8-10-12-13-14-15-16-17-18-19-20-21-22-23-24-25-26-27-28-29-30-31-32-33-34-35-36-37-38-39-41-43-45-52(57)63-50(48-61-51(56)44-42-40-11-9-7-2)49-62-54(53(58)59)60-47-46-55(3,4)5/h8,10,13-14,16-17,19-20,50,54H,6-7,9,11-12,15,18,21-49H2,1-5H3/p+1/b10-8-,14-13-,17-16-,20-19-. The summed E-state index contributed by atoms with van der Waals surface area (Å²) in [5, 5.41) is 9.60. The van der Waals surface area contributed by atoms with Crippen molar-refractivity contribution in [2.75, 3.05) is 47.5 Å². The first-order valence-electron chi connectivity index (χ1n) is 25.8. The fourth-order valence-corrected chi connectivity index (χ4v) is 7.12. The summed E-state index contributed by atoms with van der Waals surface area (Å²) in [5.41, 5.74) is 0. The van der Waals surface area contributed by atoms with Gasteiger partial charge in [-0.1, -0.05) is 204 Å². The molecule has 0 saturated carbocycles. The van der Waals surface area contributed by atoms with E-state index in [0.717, 1.165) is 77.0 Å². The highest BCUT2D eigenvalue weighted by Crippen LogP contribution is 2.16. The van der Waals surface area contributed by atoms with Gasteiger partial charge in [-0.25, -0.2) is 4.79 Å². The van der Waals surface area contributed by atoms with E-state index in [-0.39, 0.29) is 32.2 Å². The molecule has 0 rings (SSSR count). The van der Waals surface area contributed by atoms with Crippen molar-refractivity contribution in [3.8, 4) is 0 Å². The second-order valence-electron chi connectivity index (χ2n) is 18.5. The SMILES string of the molecule is CC/C=C\C/C=C\C/C=C\C/C=C\CCCCCCCCCCCCCCCCCCCCCCC(=O)OC(COC(=O)CCCCCCC)COC(OCC[N+](C)(C)C)C(=O)O. The van der Waals surface area contributed by atoms with Crippen molar-refractivity contribution < 1.29 is 42.9 Å². The van der Waals surface area contributed by atoms with Crippen LogP contribution in [0.1, 0.15) is 219 Å². The number of quaternary nitrogens is 1. The van der Waals surface area contributed by atoms with Crippen LogP contribution in [0.5, 0.6) is 0 Å². The van der Waals surface area contributed by atoms with Crippen LogP contribution in [-0.4, -0.2) is 87.4 Å². The Kier molecular flexibility index (Phi) is 43.8. The summed E-state index contributed by atoms with van der Waals surface area (Å²) in [6.45, 7) is 4.67. The first-order chi connectivity index (χ1) is 30.6. The number of allylic oxidation sites excluding steroid dienone is 8. The maximum absolute atomic E-state index is 12.7. The molecule has 0 aromatic heterocycles. The van der Waals surface area contributed by atoms with E-state index in [1.54, 1.807) is 0 Å². The van der Waals surface area contributed by atoms with Crippen LogP contribution in [0.4, 0.5) is 0 Å². The zero-order valence-corrected chi connectivity index (χ0v) is 41.5. The number of carbonyl (C=O) groups is 3. The van der Waals surface area contributed by atoms with Crippen LogP contribution in [0.2, 0.25) is 0 Å². The van der Waals surface area contributed by atoms with E-state index in [2.05, 4.69) is 62.5 Å². The van der Waals surface area contributed by atoms with Gasteiger partial charge in [0.1, 0.15) is 13.2 Å². The summed E-state index contributed by atoms with van der Waals surface area (Å²) >= 11 is 0. The van der Waals surface area contributed by atoms with E-state index < -0.39 is 24.3 Å². The van der Waals surface area contributed by atoms with Gasteiger partial charge in [0.2, 0.25) is 0 Å². The molecule has 0 aliphatic heterocycles. The molecule has 0 aromatic carbocycles. The van der Waals surface area contributed by atoms with Gasteiger partial charge < -0.3 is 28.5 Å². The van der Waals surface area contributed by atoms with Crippen molar-refractivity contribution in [2.45, 2.75) is 232 Å². The Hall–Kier alpha value is -2.75. The molecular weight excluding hydrogens is 791 g/mol. The Morgan fingerprint density at radius 1 is 0.492 bits per heavy atom. The maximum Gasteiger partial charge on any atom is 0.361 e. The third-order valence-electron chi connectivity index (χ3n) is 11.1. The molecule has 0 heterocycles. The van der Waals surface area contributed by atoms with Crippen molar-refractivity contribution in [1.82, 2.24) is 0 Å². The molecule has 9 nitrogen and oxygen atoms in total. The highest BCUT2D eigenvalue weighted by atomic mass is 16.7. The van der Waals surface area contributed by atoms with Crippen molar-refractivity contribution >= 4 is 17.9 Å². The fourth-order valence-electron chi connectivity index (χ4n) is 7.12. The minimum atomic E-state index is -1.50. The molecular formula is C54H98NO8+. The van der Waals surface area contributed by atoms with Gasteiger partial charge in [0.15, 0.2) is 6.10 Å². The van der Waals surface area contributed by atoms with Crippen molar-refractivity contribution in [1.29, 1.82) is 0 Å². The molecule has 0 amide bonds. The molecule has 0 fully saturated rings. The van der Waals surface area contributed by atoms with E-state index in [9.17, 15) is 19.5 Å². The molecule has 9 heteroatoms. The van der Waals surface area contributed by atoms with E-state index in [4.69, 9.17) is 18.9 Å². The number of rotatable bonds is 47. The number of carboxylic acid groups (broad SMARTS) is 1. The van der Waals surface area contributed by atoms with Crippen LogP contribution in [0.15, 0.2) is 48.6 Å². The van der Waals surface area contributed by atoms with E-state index in [1.807, 2.05) is 21.1 Å². The van der Waals surface area contributed by atoms with Crippen LogP contribution >= 0.6 is 0 Å². The summed E-state index contributed by atoms with van der Waals surface area (Å²) in [5.74, 6) is -2.01. The zero-order chi connectivity index (χ0) is 46.3.